The molecular weight excluding hydrogens is 391 g/mol. The minimum absolute atomic E-state index is 0.173. The van der Waals surface area contributed by atoms with Crippen molar-refractivity contribution >= 4 is 41.2 Å². The summed E-state index contributed by atoms with van der Waals surface area (Å²) in [7, 11) is 0. The van der Waals surface area contributed by atoms with Crippen molar-refractivity contribution in [2.75, 3.05) is 5.75 Å². The van der Waals surface area contributed by atoms with Gasteiger partial charge in [0.2, 0.25) is 5.91 Å². The Morgan fingerprint density at radius 1 is 1.38 bits per heavy atom. The fourth-order valence-corrected chi connectivity index (χ4v) is 5.08. The summed E-state index contributed by atoms with van der Waals surface area (Å²) in [5.41, 5.74) is -0.0507. The van der Waals surface area contributed by atoms with Crippen molar-refractivity contribution in [3.05, 3.63) is 34.0 Å². The molecule has 136 valence electrons. The van der Waals surface area contributed by atoms with E-state index in [0.717, 1.165) is 19.3 Å². The number of nitrogens with zero attached hydrogens (tertiary/aromatic N) is 3. The van der Waals surface area contributed by atoms with E-state index >= 15 is 0 Å². The van der Waals surface area contributed by atoms with Crippen LogP contribution in [0.15, 0.2) is 28.6 Å². The number of nitrogens with one attached hydrogen (secondary N) is 1. The zero-order chi connectivity index (χ0) is 18.6. The summed E-state index contributed by atoms with van der Waals surface area (Å²) < 4.78 is 15.8. The molecule has 3 rings (SSSR count). The maximum atomic E-state index is 13.0. The van der Waals surface area contributed by atoms with Crippen LogP contribution in [0.5, 0.6) is 0 Å². The lowest BCUT2D eigenvalue weighted by Crippen LogP contribution is -2.49. The number of carbonyl (C=O) groups excluding carboxylic acids is 1. The smallest absolute Gasteiger partial charge is 0.231 e. The number of aromatic nitrogens is 2. The zero-order valence-electron chi connectivity index (χ0n) is 13.9. The van der Waals surface area contributed by atoms with Gasteiger partial charge < -0.3 is 5.32 Å². The molecule has 0 radical (unpaired) electrons. The summed E-state index contributed by atoms with van der Waals surface area (Å²) in [6.45, 7) is 0. The van der Waals surface area contributed by atoms with Crippen LogP contribution in [0.3, 0.4) is 0 Å². The van der Waals surface area contributed by atoms with Crippen LogP contribution in [0.1, 0.15) is 32.1 Å². The molecule has 1 amide bonds. The van der Waals surface area contributed by atoms with Crippen molar-refractivity contribution in [3.63, 3.8) is 0 Å². The molecule has 26 heavy (non-hydrogen) atoms. The Balaban J connectivity index is 1.62. The van der Waals surface area contributed by atoms with E-state index in [4.69, 9.17) is 12.2 Å². The van der Waals surface area contributed by atoms with Gasteiger partial charge in [-0.2, -0.15) is 5.26 Å². The molecule has 0 spiro atoms. The van der Waals surface area contributed by atoms with Crippen LogP contribution >= 0.6 is 35.3 Å². The fourth-order valence-electron chi connectivity index (χ4n) is 2.91. The highest BCUT2D eigenvalue weighted by Crippen LogP contribution is 2.28. The molecule has 1 saturated carbocycles. The van der Waals surface area contributed by atoms with Gasteiger partial charge in [-0.05, 0) is 49.3 Å². The first-order chi connectivity index (χ1) is 12.5. The summed E-state index contributed by atoms with van der Waals surface area (Å²) in [6, 6.07) is 8.18. The maximum absolute atomic E-state index is 13.0. The molecule has 1 fully saturated rings. The number of amides is 1. The number of carbonyl (C=O) groups is 1. The Hall–Kier alpha value is -1.76. The van der Waals surface area contributed by atoms with E-state index in [1.807, 2.05) is 0 Å². The number of nitriles is 1. The molecule has 0 bridgehead atoms. The third-order valence-corrected chi connectivity index (χ3v) is 6.59. The van der Waals surface area contributed by atoms with Gasteiger partial charge in [-0.15, -0.1) is 5.10 Å². The van der Waals surface area contributed by atoms with Crippen molar-refractivity contribution in [2.24, 2.45) is 0 Å². The van der Waals surface area contributed by atoms with Gasteiger partial charge in [0, 0.05) is 0 Å². The van der Waals surface area contributed by atoms with Crippen LogP contribution in [0.25, 0.3) is 5.69 Å². The second kappa shape index (κ2) is 8.29. The first-order valence-electron chi connectivity index (χ1n) is 8.22. The number of rotatable bonds is 5. The SMILES string of the molecule is N#CC1(NC(=O)CSc2nn(-c3ccc(F)cc3)c(=S)s2)CCCCC1. The van der Waals surface area contributed by atoms with E-state index < -0.39 is 5.54 Å². The molecule has 1 aromatic carbocycles. The molecule has 0 aliphatic heterocycles. The first kappa shape index (κ1) is 19.0. The largest absolute Gasteiger partial charge is 0.337 e. The van der Waals surface area contributed by atoms with Crippen LogP contribution in [-0.4, -0.2) is 27.0 Å². The van der Waals surface area contributed by atoms with E-state index in [9.17, 15) is 14.4 Å². The molecule has 1 aromatic heterocycles. The molecule has 0 saturated heterocycles. The summed E-state index contributed by atoms with van der Waals surface area (Å²) in [4.78, 5) is 12.3. The molecule has 1 N–H and O–H groups in total. The van der Waals surface area contributed by atoms with Gasteiger partial charge in [-0.1, -0.05) is 42.4 Å². The van der Waals surface area contributed by atoms with Crippen molar-refractivity contribution < 1.29 is 9.18 Å². The lowest BCUT2D eigenvalue weighted by Gasteiger charge is -2.31. The van der Waals surface area contributed by atoms with Crippen molar-refractivity contribution in [3.8, 4) is 11.8 Å². The van der Waals surface area contributed by atoms with Crippen molar-refractivity contribution in [1.82, 2.24) is 15.1 Å². The zero-order valence-corrected chi connectivity index (χ0v) is 16.4. The number of halogens is 1. The van der Waals surface area contributed by atoms with Crippen LogP contribution in [0.4, 0.5) is 4.39 Å². The van der Waals surface area contributed by atoms with Gasteiger partial charge in [-0.3, -0.25) is 4.79 Å². The molecule has 5 nitrogen and oxygen atoms in total. The molecule has 2 aromatic rings. The Morgan fingerprint density at radius 3 is 2.73 bits per heavy atom. The topological polar surface area (TPSA) is 70.7 Å². The third kappa shape index (κ3) is 4.50. The van der Waals surface area contributed by atoms with Crippen LogP contribution < -0.4 is 5.32 Å². The summed E-state index contributed by atoms with van der Waals surface area (Å²) >= 11 is 7.88. The lowest BCUT2D eigenvalue weighted by molar-refractivity contribution is -0.120. The van der Waals surface area contributed by atoms with E-state index in [-0.39, 0.29) is 17.5 Å². The number of hydrogen-bond acceptors (Lipinski definition) is 6. The predicted octanol–water partition coefficient (Wildman–Crippen LogP) is 4.24. The minimum Gasteiger partial charge on any atom is -0.337 e. The molecule has 9 heteroatoms. The highest BCUT2D eigenvalue weighted by molar-refractivity contribution is 8.01. The van der Waals surface area contributed by atoms with Gasteiger partial charge in [0.05, 0.1) is 17.5 Å². The highest BCUT2D eigenvalue weighted by atomic mass is 32.2. The minimum atomic E-state index is -0.726. The normalized spacial score (nSPS) is 16.0. The molecule has 0 unspecified atom stereocenters. The second-order valence-electron chi connectivity index (χ2n) is 6.11. The third-order valence-electron chi connectivity index (χ3n) is 4.23. The van der Waals surface area contributed by atoms with E-state index in [1.165, 1.54) is 35.2 Å². The standard InChI is InChI=1S/C17H17FN4OS3/c18-12-4-6-13(7-5-12)22-16(24)26-15(21-22)25-10-14(23)20-17(11-19)8-2-1-3-9-17/h4-7H,1-3,8-10H2,(H,20,23). The highest BCUT2D eigenvalue weighted by Gasteiger charge is 2.33. The average molecular weight is 409 g/mol. The number of benzene rings is 1. The van der Waals surface area contributed by atoms with Crippen LogP contribution in [0.2, 0.25) is 0 Å². The summed E-state index contributed by atoms with van der Waals surface area (Å²) in [6.07, 6.45) is 4.45. The Bertz CT molecular complexity index is 879. The molecular formula is C17H17FN4OS3. The average Bonchev–Trinajstić information content (AvgIpc) is 3.02. The van der Waals surface area contributed by atoms with Crippen molar-refractivity contribution in [1.29, 1.82) is 5.26 Å². The monoisotopic (exact) mass is 408 g/mol. The van der Waals surface area contributed by atoms with Gasteiger partial charge in [-0.25, -0.2) is 9.07 Å². The Morgan fingerprint density at radius 2 is 2.08 bits per heavy atom. The van der Waals surface area contributed by atoms with Crippen molar-refractivity contribution in [2.45, 2.75) is 42.0 Å². The lowest BCUT2D eigenvalue weighted by atomic mass is 9.83. The summed E-state index contributed by atoms with van der Waals surface area (Å²) in [5, 5.41) is 16.7. The van der Waals surface area contributed by atoms with Gasteiger partial charge in [0.15, 0.2) is 8.29 Å². The molecule has 0 atom stereocenters. The predicted molar refractivity (Wildman–Crippen MR) is 103 cm³/mol. The van der Waals surface area contributed by atoms with Crippen LogP contribution in [-0.2, 0) is 4.79 Å². The van der Waals surface area contributed by atoms with Crippen LogP contribution in [0, 0.1) is 21.1 Å². The Kier molecular flexibility index (Phi) is 6.06. The maximum Gasteiger partial charge on any atom is 0.231 e. The molecule has 1 aliphatic carbocycles. The van der Waals surface area contributed by atoms with E-state index in [1.54, 1.807) is 16.8 Å². The first-order valence-corrected chi connectivity index (χ1v) is 10.4. The number of hydrogen-bond donors (Lipinski definition) is 1. The van der Waals surface area contributed by atoms with E-state index in [0.29, 0.717) is 26.8 Å². The molecule has 1 aliphatic rings. The fraction of sp³-hybridized carbons (Fsp3) is 0.412. The van der Waals surface area contributed by atoms with Gasteiger partial charge in [0.25, 0.3) is 0 Å². The van der Waals surface area contributed by atoms with E-state index in [2.05, 4.69) is 16.5 Å². The number of thioether (sulfide) groups is 1. The quantitative estimate of drug-likeness (QED) is 0.592. The molecule has 1 heterocycles. The summed E-state index contributed by atoms with van der Waals surface area (Å²) in [5.74, 6) is -0.321. The second-order valence-corrected chi connectivity index (χ2v) is 8.96. The van der Waals surface area contributed by atoms with Gasteiger partial charge in [0.1, 0.15) is 11.4 Å². The Labute approximate surface area is 164 Å². The van der Waals surface area contributed by atoms with Gasteiger partial charge >= 0.3 is 0 Å².